The van der Waals surface area contributed by atoms with Gasteiger partial charge in [-0.2, -0.15) is 0 Å². The smallest absolute Gasteiger partial charge is 0.311 e. The highest BCUT2D eigenvalue weighted by Crippen LogP contribution is 2.53. The Bertz CT molecular complexity index is 1660. The fourth-order valence-corrected chi connectivity index (χ4v) is 8.27. The third-order valence-electron chi connectivity index (χ3n) is 10.1. The van der Waals surface area contributed by atoms with Gasteiger partial charge in [0.2, 0.25) is 0 Å². The van der Waals surface area contributed by atoms with Crippen LogP contribution in [0.4, 0.5) is 4.39 Å². The number of methoxy groups -OCH3 is 1. The van der Waals surface area contributed by atoms with Crippen molar-refractivity contribution in [1.29, 1.82) is 0 Å². The summed E-state index contributed by atoms with van der Waals surface area (Å²) < 4.78 is 34.7. The number of hydrogen-bond acceptors (Lipinski definition) is 6. The number of fused-ring (bicyclic) bond motifs is 1. The molecule has 3 aromatic carbocycles. The van der Waals surface area contributed by atoms with E-state index < -0.39 is 49.1 Å². The summed E-state index contributed by atoms with van der Waals surface area (Å²) in [4.78, 5) is 30.3. The van der Waals surface area contributed by atoms with Gasteiger partial charge in [0.1, 0.15) is 5.82 Å². The molecule has 0 aliphatic carbocycles. The molecule has 7 nitrogen and oxygen atoms in total. The minimum absolute atomic E-state index is 0.00485. The van der Waals surface area contributed by atoms with Crippen LogP contribution in [-0.4, -0.2) is 56.9 Å². The number of benzene rings is 3. The van der Waals surface area contributed by atoms with E-state index in [1.165, 1.54) is 18.1 Å². The van der Waals surface area contributed by atoms with Crippen molar-refractivity contribution < 1.29 is 33.3 Å². The van der Waals surface area contributed by atoms with Crippen LogP contribution in [0.25, 0.3) is 0 Å². The summed E-state index contributed by atoms with van der Waals surface area (Å²) in [6.45, 7) is 11.4. The number of esters is 1. The van der Waals surface area contributed by atoms with Crippen LogP contribution in [0.5, 0.6) is 0 Å². The van der Waals surface area contributed by atoms with Gasteiger partial charge in [0.15, 0.2) is 5.72 Å². The molecule has 5 rings (SSSR count). The summed E-state index contributed by atoms with van der Waals surface area (Å²) in [6.07, 6.45) is 1.52. The molecule has 0 bridgehead atoms. The van der Waals surface area contributed by atoms with Gasteiger partial charge in [-0.15, -0.1) is 0 Å². The van der Waals surface area contributed by atoms with E-state index in [4.69, 9.17) is 37.4 Å². The summed E-state index contributed by atoms with van der Waals surface area (Å²) in [6, 6.07) is 16.3. The van der Waals surface area contributed by atoms with Crippen LogP contribution in [0, 0.1) is 17.7 Å². The maximum absolute atomic E-state index is 17.0. The van der Waals surface area contributed by atoms with Crippen molar-refractivity contribution in [2.75, 3.05) is 26.9 Å². The van der Waals surface area contributed by atoms with Gasteiger partial charge in [0, 0.05) is 44.0 Å². The number of rotatable bonds is 12. The summed E-state index contributed by atoms with van der Waals surface area (Å²) in [5.74, 6) is -2.85. The Morgan fingerprint density at radius 1 is 1.08 bits per heavy atom. The van der Waals surface area contributed by atoms with Crippen LogP contribution in [0.2, 0.25) is 35.7 Å². The number of carbonyl (C=O) groups excluding carboxylic acids is 2. The van der Waals surface area contributed by atoms with Crippen LogP contribution in [0.15, 0.2) is 60.7 Å². The van der Waals surface area contributed by atoms with Gasteiger partial charge in [-0.05, 0) is 85.7 Å². The van der Waals surface area contributed by atoms with E-state index in [-0.39, 0.29) is 23.7 Å². The average Bonchev–Trinajstić information content (AvgIpc) is 3.33. The van der Waals surface area contributed by atoms with Gasteiger partial charge in [0.25, 0.3) is 5.91 Å². The number of carbonyl (C=O) groups is 2. The maximum atomic E-state index is 17.0. The minimum Gasteiger partial charge on any atom is -0.466 e. The van der Waals surface area contributed by atoms with Crippen LogP contribution >= 0.6 is 23.2 Å². The Kier molecular flexibility index (Phi) is 11.3. The Balaban J connectivity index is 1.73. The monoisotopic (exact) mass is 729 g/mol. The Hall–Kier alpha value is -2.79. The minimum atomic E-state index is -1.82. The van der Waals surface area contributed by atoms with E-state index in [9.17, 15) is 9.90 Å². The SMILES string of the molecule is CC[C@](O)(c1cc(F)c2c(c1)C(=O)N([C@H](c1ccc(Cl)cc1)[C@H](C)C(=O)OCC[Si](C)(C)C)[C@@]2(OC)c1ccc(Cl)cc1)C1CCOCC1. The molecule has 2 aliphatic rings. The Morgan fingerprint density at radius 3 is 2.22 bits per heavy atom. The highest BCUT2D eigenvalue weighted by molar-refractivity contribution is 6.76. The molecule has 0 unspecified atom stereocenters. The van der Waals surface area contributed by atoms with E-state index in [1.54, 1.807) is 61.5 Å². The number of halogens is 3. The predicted octanol–water partition coefficient (Wildman–Crippen LogP) is 8.72. The second kappa shape index (κ2) is 14.8. The molecule has 1 fully saturated rings. The third-order valence-corrected chi connectivity index (χ3v) is 12.3. The molecule has 0 aromatic heterocycles. The Morgan fingerprint density at radius 2 is 1.67 bits per heavy atom. The maximum Gasteiger partial charge on any atom is 0.311 e. The lowest BCUT2D eigenvalue weighted by atomic mass is 9.74. The fraction of sp³-hybridized carbons (Fsp3) is 0.474. The molecule has 49 heavy (non-hydrogen) atoms. The molecule has 0 spiro atoms. The molecule has 1 saturated heterocycles. The molecule has 1 N–H and O–H groups in total. The van der Waals surface area contributed by atoms with Crippen molar-refractivity contribution in [1.82, 2.24) is 4.90 Å². The number of aliphatic hydroxyl groups is 1. The average molecular weight is 731 g/mol. The first-order valence-electron chi connectivity index (χ1n) is 16.9. The van der Waals surface area contributed by atoms with Crippen LogP contribution in [-0.2, 0) is 30.3 Å². The lowest BCUT2D eigenvalue weighted by Gasteiger charge is -2.44. The molecular weight excluding hydrogens is 684 g/mol. The quantitative estimate of drug-likeness (QED) is 0.148. The van der Waals surface area contributed by atoms with Crippen molar-refractivity contribution >= 4 is 43.2 Å². The number of amides is 1. The second-order valence-electron chi connectivity index (χ2n) is 14.3. The Labute approximate surface area is 299 Å². The van der Waals surface area contributed by atoms with E-state index in [0.717, 1.165) is 6.04 Å². The number of hydrogen-bond donors (Lipinski definition) is 1. The zero-order valence-electron chi connectivity index (χ0n) is 29.0. The van der Waals surface area contributed by atoms with Crippen LogP contribution < -0.4 is 0 Å². The normalized spacial score (nSPS) is 20.9. The van der Waals surface area contributed by atoms with Gasteiger partial charge >= 0.3 is 5.97 Å². The standard InChI is InChI=1S/C38H46Cl2FNO6Si/c1-7-37(45,26-16-18-47-19-17-26)28-22-31-33(32(41)23-28)38(46-3,27-10-14-30(40)15-11-27)42(35(31)43)34(25-8-12-29(39)13-9-25)24(2)36(44)48-20-21-49(4,5)6/h8-15,22-24,26,34,45H,7,16-21H2,1-6H3/t24-,34-,37+,38+/m0/s1. The molecule has 1 amide bonds. The van der Waals surface area contributed by atoms with Gasteiger partial charge in [-0.25, -0.2) is 4.39 Å². The first-order chi connectivity index (χ1) is 23.2. The van der Waals surface area contributed by atoms with E-state index in [1.807, 2.05) is 6.92 Å². The molecule has 2 heterocycles. The van der Waals surface area contributed by atoms with E-state index >= 15 is 9.18 Å². The van der Waals surface area contributed by atoms with E-state index in [0.29, 0.717) is 59.2 Å². The molecule has 4 atom stereocenters. The molecule has 11 heteroatoms. The lowest BCUT2D eigenvalue weighted by molar-refractivity contribution is -0.155. The summed E-state index contributed by atoms with van der Waals surface area (Å²) in [5.41, 5.74) is -1.84. The largest absolute Gasteiger partial charge is 0.466 e. The zero-order chi connectivity index (χ0) is 35.7. The number of nitrogens with zero attached hydrogens (tertiary/aromatic N) is 1. The number of ether oxygens (including phenoxy) is 3. The van der Waals surface area contributed by atoms with Crippen LogP contribution in [0.1, 0.15) is 71.8 Å². The zero-order valence-corrected chi connectivity index (χ0v) is 31.5. The highest BCUT2D eigenvalue weighted by atomic mass is 35.5. The summed E-state index contributed by atoms with van der Waals surface area (Å²) in [5, 5.41) is 13.0. The fourth-order valence-electron chi connectivity index (χ4n) is 7.31. The van der Waals surface area contributed by atoms with Crippen molar-refractivity contribution in [3.63, 3.8) is 0 Å². The van der Waals surface area contributed by atoms with Crippen molar-refractivity contribution in [3.05, 3.63) is 104 Å². The lowest BCUT2D eigenvalue weighted by Crippen LogP contribution is -2.51. The van der Waals surface area contributed by atoms with Gasteiger partial charge in [-0.3, -0.25) is 14.5 Å². The molecule has 0 radical (unpaired) electrons. The molecule has 0 saturated carbocycles. The van der Waals surface area contributed by atoms with E-state index in [2.05, 4.69) is 19.6 Å². The summed E-state index contributed by atoms with van der Waals surface area (Å²) in [7, 11) is -0.0987. The second-order valence-corrected chi connectivity index (χ2v) is 20.8. The first kappa shape index (κ1) is 37.5. The predicted molar refractivity (Wildman–Crippen MR) is 192 cm³/mol. The van der Waals surface area contributed by atoms with Gasteiger partial charge in [-0.1, -0.05) is 74.0 Å². The third kappa shape index (κ3) is 7.21. The first-order valence-corrected chi connectivity index (χ1v) is 21.4. The summed E-state index contributed by atoms with van der Waals surface area (Å²) >= 11 is 12.6. The molecule has 2 aliphatic heterocycles. The molecule has 264 valence electrons. The molecular formula is C38H46Cl2FNO6Si. The molecule has 3 aromatic rings. The topological polar surface area (TPSA) is 85.3 Å². The van der Waals surface area contributed by atoms with Gasteiger partial charge in [0.05, 0.1) is 35.3 Å². The highest BCUT2D eigenvalue weighted by Gasteiger charge is 2.58. The van der Waals surface area contributed by atoms with Crippen molar-refractivity contribution in [2.24, 2.45) is 11.8 Å². The van der Waals surface area contributed by atoms with Crippen molar-refractivity contribution in [3.8, 4) is 0 Å². The van der Waals surface area contributed by atoms with Gasteiger partial charge < -0.3 is 19.3 Å². The van der Waals surface area contributed by atoms with Crippen LogP contribution in [0.3, 0.4) is 0 Å². The van der Waals surface area contributed by atoms with Crippen molar-refractivity contribution in [2.45, 2.75) is 76.2 Å².